The largest absolute Gasteiger partial charge is 0.303 e. The molecule has 0 saturated carbocycles. The molecule has 84 valence electrons. The third-order valence-corrected chi connectivity index (χ3v) is 3.69. The maximum Gasteiger partial charge on any atom is 0.0235 e. The van der Waals surface area contributed by atoms with E-state index in [4.69, 9.17) is 11.6 Å². The molecule has 14 heavy (non-hydrogen) atoms. The molecule has 0 aliphatic carbocycles. The van der Waals surface area contributed by atoms with Crippen molar-refractivity contribution < 1.29 is 0 Å². The highest BCUT2D eigenvalue weighted by Gasteiger charge is 2.28. The average Bonchev–Trinajstić information content (AvgIpc) is 2.14. The monoisotopic (exact) mass is 217 g/mol. The molecule has 0 spiro atoms. The number of hydrogen-bond acceptors (Lipinski definition) is 1. The maximum absolute atomic E-state index is 5.70. The number of alkyl halides is 1. The summed E-state index contributed by atoms with van der Waals surface area (Å²) in [6, 6.07) is 0. The molecule has 0 aromatic heterocycles. The van der Waals surface area contributed by atoms with Crippen LogP contribution in [0.4, 0.5) is 0 Å². The molecule has 0 aromatic rings. The third kappa shape index (κ3) is 3.78. The van der Waals surface area contributed by atoms with E-state index in [0.29, 0.717) is 5.41 Å². The van der Waals surface area contributed by atoms with Gasteiger partial charge in [-0.05, 0) is 50.2 Å². The second-order valence-corrected chi connectivity index (χ2v) is 5.90. The molecule has 1 nitrogen and oxygen atoms in total. The lowest BCUT2D eigenvalue weighted by molar-refractivity contribution is 0.112. The quantitative estimate of drug-likeness (QED) is 0.656. The molecule has 2 heteroatoms. The summed E-state index contributed by atoms with van der Waals surface area (Å²) in [5.41, 5.74) is 0.499. The molecule has 0 amide bonds. The molecule has 1 heterocycles. The van der Waals surface area contributed by atoms with Crippen LogP contribution < -0.4 is 0 Å². The van der Waals surface area contributed by atoms with Gasteiger partial charge in [-0.3, -0.25) is 0 Å². The van der Waals surface area contributed by atoms with E-state index in [-0.39, 0.29) is 0 Å². The van der Waals surface area contributed by atoms with Crippen molar-refractivity contribution in [2.75, 3.05) is 25.5 Å². The molecule has 1 aliphatic heterocycles. The topological polar surface area (TPSA) is 3.24 Å². The number of hydrogen-bond donors (Lipinski definition) is 0. The molecular formula is C12H24ClN. The summed E-state index contributed by atoms with van der Waals surface area (Å²) in [5.74, 6) is 1.72. The summed E-state index contributed by atoms with van der Waals surface area (Å²) in [6.45, 7) is 10.8. The number of nitrogens with zero attached hydrogens (tertiary/aromatic N) is 1. The van der Waals surface area contributed by atoms with E-state index < -0.39 is 0 Å². The van der Waals surface area contributed by atoms with Crippen LogP contribution in [0.1, 0.15) is 40.0 Å². The molecule has 0 atom stereocenters. The third-order valence-electron chi connectivity index (χ3n) is 3.42. The first-order valence-corrected chi connectivity index (χ1v) is 6.36. The number of likely N-dealkylation sites (tertiary alicyclic amines) is 1. The molecule has 0 N–H and O–H groups in total. The highest BCUT2D eigenvalue weighted by atomic mass is 35.5. The lowest BCUT2D eigenvalue weighted by Gasteiger charge is -2.38. The fourth-order valence-corrected chi connectivity index (χ4v) is 2.43. The minimum absolute atomic E-state index is 0.499. The van der Waals surface area contributed by atoms with Gasteiger partial charge in [-0.2, -0.15) is 0 Å². The zero-order valence-corrected chi connectivity index (χ0v) is 10.6. The summed E-state index contributed by atoms with van der Waals surface area (Å²) in [4.78, 5) is 2.56. The zero-order valence-electron chi connectivity index (χ0n) is 9.85. The summed E-state index contributed by atoms with van der Waals surface area (Å²) in [5, 5.41) is 0. The number of rotatable bonds is 3. The van der Waals surface area contributed by atoms with Crippen LogP contribution in [0.25, 0.3) is 0 Å². The van der Waals surface area contributed by atoms with Gasteiger partial charge in [0.05, 0.1) is 0 Å². The average molecular weight is 218 g/mol. The van der Waals surface area contributed by atoms with Gasteiger partial charge in [0.15, 0.2) is 0 Å². The zero-order chi connectivity index (χ0) is 10.6. The Morgan fingerprint density at radius 3 is 2.21 bits per heavy atom. The molecule has 0 aromatic carbocycles. The second-order valence-electron chi connectivity index (χ2n) is 5.52. The van der Waals surface area contributed by atoms with Crippen LogP contribution in [-0.4, -0.2) is 30.4 Å². The molecular weight excluding hydrogens is 194 g/mol. The van der Waals surface area contributed by atoms with Gasteiger partial charge in [-0.15, -0.1) is 11.6 Å². The van der Waals surface area contributed by atoms with Gasteiger partial charge in [-0.1, -0.05) is 20.8 Å². The number of piperidine rings is 1. The molecule has 0 radical (unpaired) electrons. The van der Waals surface area contributed by atoms with E-state index in [1.807, 2.05) is 0 Å². The lowest BCUT2D eigenvalue weighted by atomic mass is 9.75. The van der Waals surface area contributed by atoms with Crippen molar-refractivity contribution in [1.82, 2.24) is 4.90 Å². The van der Waals surface area contributed by atoms with Gasteiger partial charge in [0.1, 0.15) is 0 Å². The minimum atomic E-state index is 0.499. The predicted octanol–water partition coefficient (Wildman–Crippen LogP) is 3.37. The fraction of sp³-hybridized carbons (Fsp3) is 1.00. The first-order valence-electron chi connectivity index (χ1n) is 5.82. The van der Waals surface area contributed by atoms with Crippen molar-refractivity contribution in [3.8, 4) is 0 Å². The van der Waals surface area contributed by atoms with Gasteiger partial charge in [0, 0.05) is 5.88 Å². The first kappa shape index (κ1) is 12.3. The van der Waals surface area contributed by atoms with Crippen LogP contribution in [0.3, 0.4) is 0 Å². The molecule has 0 unspecified atom stereocenters. The highest BCUT2D eigenvalue weighted by molar-refractivity contribution is 6.17. The Kier molecular flexibility index (Phi) is 4.72. The Morgan fingerprint density at radius 1 is 1.21 bits per heavy atom. The van der Waals surface area contributed by atoms with Crippen molar-refractivity contribution in [1.29, 1.82) is 0 Å². The van der Waals surface area contributed by atoms with Crippen LogP contribution in [0, 0.1) is 11.3 Å². The second kappa shape index (κ2) is 5.37. The van der Waals surface area contributed by atoms with E-state index in [0.717, 1.165) is 18.2 Å². The summed E-state index contributed by atoms with van der Waals surface area (Å²) in [6.07, 6.45) is 3.87. The van der Waals surface area contributed by atoms with Crippen LogP contribution >= 0.6 is 11.6 Å². The normalized spacial score (nSPS) is 21.4. The lowest BCUT2D eigenvalue weighted by Crippen LogP contribution is -2.38. The standard InChI is InChI=1S/C12H24ClN/c1-12(2,3)11-5-9-14(10-6-11)8-4-7-13/h11H,4-10H2,1-3H3. The fourth-order valence-electron chi connectivity index (χ4n) is 2.31. The van der Waals surface area contributed by atoms with Crippen LogP contribution in [-0.2, 0) is 0 Å². The summed E-state index contributed by atoms with van der Waals surface area (Å²) >= 11 is 5.70. The van der Waals surface area contributed by atoms with Crippen LogP contribution in [0.2, 0.25) is 0 Å². The molecule has 1 aliphatic rings. The molecule has 0 bridgehead atoms. The Labute approximate surface area is 93.8 Å². The maximum atomic E-state index is 5.70. The van der Waals surface area contributed by atoms with E-state index in [1.54, 1.807) is 0 Å². The first-order chi connectivity index (χ1) is 6.54. The van der Waals surface area contributed by atoms with Crippen molar-refractivity contribution in [2.45, 2.75) is 40.0 Å². The number of halogens is 1. The van der Waals surface area contributed by atoms with E-state index >= 15 is 0 Å². The van der Waals surface area contributed by atoms with Crippen molar-refractivity contribution in [3.63, 3.8) is 0 Å². The minimum Gasteiger partial charge on any atom is -0.303 e. The molecule has 1 fully saturated rings. The molecule has 1 saturated heterocycles. The summed E-state index contributed by atoms with van der Waals surface area (Å²) < 4.78 is 0. The Bertz CT molecular complexity index is 154. The smallest absolute Gasteiger partial charge is 0.0235 e. The predicted molar refractivity (Wildman–Crippen MR) is 64.0 cm³/mol. The Hall–Kier alpha value is 0.250. The Balaban J connectivity index is 2.24. The Morgan fingerprint density at radius 2 is 1.79 bits per heavy atom. The summed E-state index contributed by atoms with van der Waals surface area (Å²) in [7, 11) is 0. The van der Waals surface area contributed by atoms with Crippen LogP contribution in [0.15, 0.2) is 0 Å². The highest BCUT2D eigenvalue weighted by Crippen LogP contribution is 2.34. The van der Waals surface area contributed by atoms with Crippen molar-refractivity contribution in [3.05, 3.63) is 0 Å². The van der Waals surface area contributed by atoms with Crippen molar-refractivity contribution >= 4 is 11.6 Å². The van der Waals surface area contributed by atoms with Gasteiger partial charge in [0.25, 0.3) is 0 Å². The van der Waals surface area contributed by atoms with E-state index in [9.17, 15) is 0 Å². The van der Waals surface area contributed by atoms with E-state index in [2.05, 4.69) is 25.7 Å². The molecule has 1 rings (SSSR count). The SMILES string of the molecule is CC(C)(C)C1CCN(CCCCl)CC1. The van der Waals surface area contributed by atoms with Crippen molar-refractivity contribution in [2.24, 2.45) is 11.3 Å². The van der Waals surface area contributed by atoms with Gasteiger partial charge in [0.2, 0.25) is 0 Å². The van der Waals surface area contributed by atoms with Gasteiger partial charge < -0.3 is 4.90 Å². The van der Waals surface area contributed by atoms with E-state index in [1.165, 1.54) is 32.5 Å². The van der Waals surface area contributed by atoms with Gasteiger partial charge >= 0.3 is 0 Å². The van der Waals surface area contributed by atoms with Crippen LogP contribution in [0.5, 0.6) is 0 Å². The van der Waals surface area contributed by atoms with Gasteiger partial charge in [-0.25, -0.2) is 0 Å².